The van der Waals surface area contributed by atoms with Crippen LogP contribution in [0.15, 0.2) is 41.1 Å². The van der Waals surface area contributed by atoms with Crippen LogP contribution in [0.25, 0.3) is 22.2 Å². The van der Waals surface area contributed by atoms with Crippen molar-refractivity contribution < 1.29 is 18.8 Å². The number of rotatable bonds is 6. The number of carbonyl (C=O) groups is 1. The minimum absolute atomic E-state index is 0.0143. The van der Waals surface area contributed by atoms with Gasteiger partial charge in [0.15, 0.2) is 17.2 Å². The first-order valence-corrected chi connectivity index (χ1v) is 12.5. The number of aliphatic hydroxyl groups is 1. The largest absolute Gasteiger partial charge is 0.393 e. The molecule has 0 spiro atoms. The van der Waals surface area contributed by atoms with E-state index in [2.05, 4.69) is 31.0 Å². The van der Waals surface area contributed by atoms with Gasteiger partial charge in [0.1, 0.15) is 11.6 Å². The van der Waals surface area contributed by atoms with Gasteiger partial charge in [-0.3, -0.25) is 9.89 Å². The summed E-state index contributed by atoms with van der Waals surface area (Å²) < 4.78 is 20.4. The molecule has 10 heteroatoms. The van der Waals surface area contributed by atoms with E-state index in [0.29, 0.717) is 28.4 Å². The number of anilines is 1. The number of nitrogens with zero attached hydrogens (tertiary/aromatic N) is 3. The van der Waals surface area contributed by atoms with Crippen molar-refractivity contribution in [2.45, 2.75) is 70.6 Å². The van der Waals surface area contributed by atoms with Gasteiger partial charge in [-0.2, -0.15) is 5.10 Å². The fraction of sp³-hybridized carbons (Fsp3) is 0.407. The van der Waals surface area contributed by atoms with Crippen LogP contribution >= 0.6 is 0 Å². The molecule has 5 rings (SSSR count). The molecular weight excluding hydrogens is 475 g/mol. The molecule has 0 radical (unpaired) electrons. The number of aromatic nitrogens is 4. The van der Waals surface area contributed by atoms with E-state index in [9.17, 15) is 9.90 Å². The zero-order valence-electron chi connectivity index (χ0n) is 21.1. The average molecular weight is 507 g/mol. The summed E-state index contributed by atoms with van der Waals surface area (Å²) in [5.41, 5.74) is 2.32. The molecule has 4 aromatic rings. The van der Waals surface area contributed by atoms with E-state index in [1.54, 1.807) is 18.3 Å². The summed E-state index contributed by atoms with van der Waals surface area (Å²) in [6.07, 6.45) is 4.63. The lowest BCUT2D eigenvalue weighted by atomic mass is 9.93. The molecule has 0 aliphatic heterocycles. The second-order valence-electron chi connectivity index (χ2n) is 10.6. The van der Waals surface area contributed by atoms with Gasteiger partial charge in [0.05, 0.1) is 11.5 Å². The third-order valence-corrected chi connectivity index (χ3v) is 6.78. The SMILES string of the molecule is CC(C)(C)c1cc(C(=O)NCc2ccc(-c3ccnc4[nH]nc(N[C@H]5CC[C@H](O)CC5)c34)cc2F)no1. The van der Waals surface area contributed by atoms with Crippen LogP contribution in [0, 0.1) is 5.82 Å². The van der Waals surface area contributed by atoms with Crippen LogP contribution < -0.4 is 10.6 Å². The number of H-pyrrole nitrogens is 1. The fourth-order valence-corrected chi connectivity index (χ4v) is 4.57. The highest BCUT2D eigenvalue weighted by Crippen LogP contribution is 2.34. The molecular formula is C27H31FN6O3. The van der Waals surface area contributed by atoms with Gasteiger partial charge in [0.2, 0.25) is 0 Å². The van der Waals surface area contributed by atoms with E-state index < -0.39 is 11.7 Å². The summed E-state index contributed by atoms with van der Waals surface area (Å²) in [5.74, 6) is 0.407. The first kappa shape index (κ1) is 24.9. The molecule has 0 saturated heterocycles. The summed E-state index contributed by atoms with van der Waals surface area (Å²) in [5, 5.41) is 28.0. The van der Waals surface area contributed by atoms with Crippen molar-refractivity contribution in [3.05, 3.63) is 59.4 Å². The Morgan fingerprint density at radius 2 is 1.97 bits per heavy atom. The Balaban J connectivity index is 1.33. The standard InChI is InChI=1S/C27H31FN6O3/c1-27(2,3)22-13-21(34-37-22)26(36)30-14-16-5-4-15(12-20(16)28)19-10-11-29-24-23(19)25(33-32-24)31-17-6-8-18(35)9-7-17/h4-5,10-13,17-18,35H,6-9,14H2,1-3H3,(H,30,36)(H2,29,31,32,33)/t17-,18-. The average Bonchev–Trinajstić information content (AvgIpc) is 3.53. The van der Waals surface area contributed by atoms with E-state index in [1.807, 2.05) is 32.9 Å². The quantitative estimate of drug-likeness (QED) is 0.298. The van der Waals surface area contributed by atoms with Crippen LogP contribution in [0.3, 0.4) is 0 Å². The number of pyridine rings is 1. The lowest BCUT2D eigenvalue weighted by Crippen LogP contribution is -2.28. The number of halogens is 1. The summed E-state index contributed by atoms with van der Waals surface area (Å²) in [6.45, 7) is 5.91. The van der Waals surface area contributed by atoms with Crippen LogP contribution in [0.4, 0.5) is 10.2 Å². The van der Waals surface area contributed by atoms with Crippen molar-refractivity contribution >= 4 is 22.8 Å². The molecule has 1 aliphatic rings. The Labute approximate surface area is 213 Å². The van der Waals surface area contributed by atoms with Gasteiger partial charge < -0.3 is 20.3 Å². The molecule has 9 nitrogen and oxygen atoms in total. The minimum Gasteiger partial charge on any atom is -0.393 e. The van der Waals surface area contributed by atoms with Crippen LogP contribution in [0.5, 0.6) is 0 Å². The maximum atomic E-state index is 15.1. The van der Waals surface area contributed by atoms with Gasteiger partial charge in [0.25, 0.3) is 5.91 Å². The van der Waals surface area contributed by atoms with Crippen LogP contribution in [-0.4, -0.2) is 43.5 Å². The summed E-state index contributed by atoms with van der Waals surface area (Å²) in [4.78, 5) is 16.9. The predicted octanol–water partition coefficient (Wildman–Crippen LogP) is 4.69. The summed E-state index contributed by atoms with van der Waals surface area (Å²) >= 11 is 0. The number of carbonyl (C=O) groups excluding carboxylic acids is 1. The molecule has 1 saturated carbocycles. The molecule has 0 unspecified atom stereocenters. The molecule has 1 fully saturated rings. The molecule has 3 heterocycles. The molecule has 0 bridgehead atoms. The zero-order valence-corrected chi connectivity index (χ0v) is 21.1. The highest BCUT2D eigenvalue weighted by atomic mass is 19.1. The third kappa shape index (κ3) is 5.34. The fourth-order valence-electron chi connectivity index (χ4n) is 4.57. The van der Waals surface area contributed by atoms with E-state index in [4.69, 9.17) is 4.52 Å². The normalized spacial score (nSPS) is 18.2. The van der Waals surface area contributed by atoms with Crippen molar-refractivity contribution in [1.82, 2.24) is 25.7 Å². The molecule has 37 heavy (non-hydrogen) atoms. The number of hydrogen-bond donors (Lipinski definition) is 4. The van der Waals surface area contributed by atoms with Gasteiger partial charge >= 0.3 is 0 Å². The lowest BCUT2D eigenvalue weighted by molar-refractivity contribution is 0.0941. The third-order valence-electron chi connectivity index (χ3n) is 6.78. The summed E-state index contributed by atoms with van der Waals surface area (Å²) in [6, 6.07) is 8.58. The second-order valence-corrected chi connectivity index (χ2v) is 10.6. The van der Waals surface area contributed by atoms with Crippen molar-refractivity contribution in [3.8, 4) is 11.1 Å². The van der Waals surface area contributed by atoms with Gasteiger partial charge in [0, 0.05) is 35.8 Å². The molecule has 4 N–H and O–H groups in total. The van der Waals surface area contributed by atoms with Crippen molar-refractivity contribution in [3.63, 3.8) is 0 Å². The van der Waals surface area contributed by atoms with Gasteiger partial charge in [-0.15, -0.1) is 0 Å². The Morgan fingerprint density at radius 3 is 2.68 bits per heavy atom. The number of aliphatic hydroxyl groups excluding tert-OH is 1. The van der Waals surface area contributed by atoms with Crippen molar-refractivity contribution in [2.75, 3.05) is 5.32 Å². The van der Waals surface area contributed by atoms with E-state index in [-0.39, 0.29) is 29.8 Å². The smallest absolute Gasteiger partial charge is 0.273 e. The molecule has 194 valence electrons. The molecule has 0 atom stereocenters. The number of benzene rings is 1. The van der Waals surface area contributed by atoms with E-state index >= 15 is 4.39 Å². The summed E-state index contributed by atoms with van der Waals surface area (Å²) in [7, 11) is 0. The molecule has 1 aromatic carbocycles. The van der Waals surface area contributed by atoms with Crippen molar-refractivity contribution in [2.24, 2.45) is 0 Å². The molecule has 3 aromatic heterocycles. The van der Waals surface area contributed by atoms with Gasteiger partial charge in [-0.25, -0.2) is 9.37 Å². The maximum absolute atomic E-state index is 15.1. The number of nitrogens with one attached hydrogen (secondary N) is 3. The van der Waals surface area contributed by atoms with Crippen molar-refractivity contribution in [1.29, 1.82) is 0 Å². The number of fused-ring (bicyclic) bond motifs is 1. The first-order chi connectivity index (χ1) is 17.7. The van der Waals surface area contributed by atoms with E-state index in [1.165, 1.54) is 6.07 Å². The number of amides is 1. The Morgan fingerprint density at radius 1 is 1.19 bits per heavy atom. The van der Waals surface area contributed by atoms with Crippen LogP contribution in [0.1, 0.15) is 68.3 Å². The van der Waals surface area contributed by atoms with Crippen LogP contribution in [0.2, 0.25) is 0 Å². The maximum Gasteiger partial charge on any atom is 0.273 e. The van der Waals surface area contributed by atoms with Crippen LogP contribution in [-0.2, 0) is 12.0 Å². The Hall–Kier alpha value is -3.79. The molecule has 1 amide bonds. The zero-order chi connectivity index (χ0) is 26.2. The highest BCUT2D eigenvalue weighted by molar-refractivity contribution is 6.00. The Kier molecular flexibility index (Phi) is 6.68. The molecule has 1 aliphatic carbocycles. The van der Waals surface area contributed by atoms with Gasteiger partial charge in [-0.05, 0) is 48.9 Å². The first-order valence-electron chi connectivity index (χ1n) is 12.5. The van der Waals surface area contributed by atoms with Gasteiger partial charge in [-0.1, -0.05) is 38.1 Å². The monoisotopic (exact) mass is 506 g/mol. The lowest BCUT2D eigenvalue weighted by Gasteiger charge is -2.26. The predicted molar refractivity (Wildman–Crippen MR) is 138 cm³/mol. The number of aromatic amines is 1. The second kappa shape index (κ2) is 9.93. The van der Waals surface area contributed by atoms with E-state index in [0.717, 1.165) is 36.6 Å². The minimum atomic E-state index is -0.433. The number of hydrogen-bond acceptors (Lipinski definition) is 7. The Bertz CT molecular complexity index is 1420. The highest BCUT2D eigenvalue weighted by Gasteiger charge is 2.23. The topological polar surface area (TPSA) is 129 Å².